The van der Waals surface area contributed by atoms with Crippen molar-refractivity contribution in [2.75, 3.05) is 6.61 Å². The molecular formula is C38H45Br2NO4. The number of carbonyl (C=O) groups excluding carboxylic acids is 2. The summed E-state index contributed by atoms with van der Waals surface area (Å²) in [5.41, 5.74) is 5.63. The lowest BCUT2D eigenvalue weighted by atomic mass is 9.63. The molecule has 0 radical (unpaired) electrons. The van der Waals surface area contributed by atoms with Crippen molar-refractivity contribution in [1.82, 2.24) is 4.90 Å². The molecule has 0 amide bonds. The summed E-state index contributed by atoms with van der Waals surface area (Å²) in [5, 5.41) is 0. The average Bonchev–Trinajstić information content (AvgIpc) is 2.96. The average molecular weight is 740 g/mol. The Hall–Kier alpha value is -2.38. The molecule has 2 aromatic carbocycles. The third kappa shape index (κ3) is 6.58. The van der Waals surface area contributed by atoms with Gasteiger partial charge in [0.25, 0.3) is 0 Å². The molecule has 5 nitrogen and oxygen atoms in total. The van der Waals surface area contributed by atoms with E-state index in [1.807, 2.05) is 37.3 Å². The zero-order valence-electron chi connectivity index (χ0n) is 27.2. The predicted octanol–water partition coefficient (Wildman–Crippen LogP) is 10.2. The van der Waals surface area contributed by atoms with E-state index in [4.69, 9.17) is 9.47 Å². The number of hydrogen-bond acceptors (Lipinski definition) is 5. The van der Waals surface area contributed by atoms with E-state index >= 15 is 0 Å². The fraction of sp³-hybridized carbons (Fsp3) is 0.526. The molecule has 240 valence electrons. The fourth-order valence-corrected chi connectivity index (χ4v) is 8.84. The summed E-state index contributed by atoms with van der Waals surface area (Å²) in [6.07, 6.45) is 8.48. The van der Waals surface area contributed by atoms with Crippen LogP contribution in [0.5, 0.6) is 11.5 Å². The molecule has 0 saturated heterocycles. The maximum Gasteiger partial charge on any atom is 0.175 e. The lowest BCUT2D eigenvalue weighted by molar-refractivity contribution is -0.119. The van der Waals surface area contributed by atoms with Crippen LogP contribution in [-0.4, -0.2) is 29.1 Å². The van der Waals surface area contributed by atoms with Gasteiger partial charge in [0, 0.05) is 51.8 Å². The molecule has 0 atom stereocenters. The highest BCUT2D eigenvalue weighted by Gasteiger charge is 2.50. The first-order valence-corrected chi connectivity index (χ1v) is 18.1. The molecule has 1 aliphatic heterocycles. The van der Waals surface area contributed by atoms with Crippen molar-refractivity contribution in [2.24, 2.45) is 10.8 Å². The smallest absolute Gasteiger partial charge is 0.175 e. The topological polar surface area (TPSA) is 55.8 Å². The molecule has 0 unspecified atom stereocenters. The van der Waals surface area contributed by atoms with Crippen LogP contribution in [0, 0.1) is 10.8 Å². The molecular weight excluding hydrogens is 694 g/mol. The monoisotopic (exact) mass is 737 g/mol. The molecule has 1 heterocycles. The maximum atomic E-state index is 14.3. The van der Waals surface area contributed by atoms with Crippen molar-refractivity contribution in [2.45, 2.75) is 111 Å². The van der Waals surface area contributed by atoms with Gasteiger partial charge >= 0.3 is 0 Å². The Kier molecular flexibility index (Phi) is 9.17. The standard InChI is InChI=1S/C38H45Br2NO4/c1-6-44-32-17-24(16-27(40)36(32)45-22-23-12-14-25(39)15-13-23)33-34-28(18-37(2,3)20-30(34)42)41(26-10-8-7-9-11-26)29-19-38(4,5)21-31(43)35(29)33/h12-17,26,33H,6-11,18-22H2,1-5H3. The zero-order valence-corrected chi connectivity index (χ0v) is 30.4. The highest BCUT2D eigenvalue weighted by molar-refractivity contribution is 9.10. The van der Waals surface area contributed by atoms with E-state index < -0.39 is 5.92 Å². The van der Waals surface area contributed by atoms with E-state index in [0.29, 0.717) is 43.6 Å². The number of benzene rings is 2. The molecule has 2 aromatic rings. The third-order valence-corrected chi connectivity index (χ3v) is 11.0. The maximum absolute atomic E-state index is 14.3. The highest BCUT2D eigenvalue weighted by atomic mass is 79.9. The van der Waals surface area contributed by atoms with Gasteiger partial charge in [-0.15, -0.1) is 0 Å². The van der Waals surface area contributed by atoms with Gasteiger partial charge in [-0.3, -0.25) is 9.59 Å². The van der Waals surface area contributed by atoms with E-state index in [0.717, 1.165) is 68.3 Å². The Morgan fingerprint density at radius 1 is 0.800 bits per heavy atom. The van der Waals surface area contributed by atoms with Gasteiger partial charge in [0.1, 0.15) is 6.61 Å². The first-order chi connectivity index (χ1) is 21.4. The number of halogens is 2. The number of allylic oxidation sites excluding steroid dienone is 4. The number of ketones is 2. The van der Waals surface area contributed by atoms with Crippen molar-refractivity contribution in [3.63, 3.8) is 0 Å². The first-order valence-electron chi connectivity index (χ1n) is 16.5. The summed E-state index contributed by atoms with van der Waals surface area (Å²) < 4.78 is 14.3. The van der Waals surface area contributed by atoms with Crippen LogP contribution in [0.25, 0.3) is 0 Å². The molecule has 0 spiro atoms. The van der Waals surface area contributed by atoms with Gasteiger partial charge in [-0.25, -0.2) is 0 Å². The number of Topliss-reactive ketones (excluding diaryl/α,β-unsaturated/α-hetero) is 2. The van der Waals surface area contributed by atoms with Crippen LogP contribution in [0.3, 0.4) is 0 Å². The SMILES string of the molecule is CCOc1cc(C2C3=C(CC(C)(C)CC3=O)N(C3CCCCC3)C3=C2C(=O)CC(C)(C)C3)cc(Br)c1OCc1ccc(Br)cc1. The van der Waals surface area contributed by atoms with Crippen LogP contribution < -0.4 is 9.47 Å². The summed E-state index contributed by atoms with van der Waals surface area (Å²) >= 11 is 7.31. The minimum atomic E-state index is -0.418. The molecule has 0 N–H and O–H groups in total. The van der Waals surface area contributed by atoms with E-state index in [1.165, 1.54) is 19.3 Å². The lowest BCUT2D eigenvalue weighted by Gasteiger charge is -2.52. The highest BCUT2D eigenvalue weighted by Crippen LogP contribution is 2.56. The van der Waals surface area contributed by atoms with Crippen LogP contribution >= 0.6 is 31.9 Å². The van der Waals surface area contributed by atoms with Crippen molar-refractivity contribution in [1.29, 1.82) is 0 Å². The summed E-state index contributed by atoms with van der Waals surface area (Å²) in [6.45, 7) is 11.7. The Labute approximate surface area is 285 Å². The van der Waals surface area contributed by atoms with Crippen LogP contribution in [0.4, 0.5) is 0 Å². The largest absolute Gasteiger partial charge is 0.490 e. The van der Waals surface area contributed by atoms with E-state index in [1.54, 1.807) is 0 Å². The second-order valence-electron chi connectivity index (χ2n) is 14.9. The molecule has 1 fully saturated rings. The Morgan fingerprint density at radius 3 is 1.93 bits per heavy atom. The quantitative estimate of drug-likeness (QED) is 0.283. The van der Waals surface area contributed by atoms with Gasteiger partial charge in [0.15, 0.2) is 23.1 Å². The predicted molar refractivity (Wildman–Crippen MR) is 185 cm³/mol. The molecule has 3 aliphatic carbocycles. The van der Waals surface area contributed by atoms with Gasteiger partial charge in [0.05, 0.1) is 11.1 Å². The molecule has 4 aliphatic rings. The fourth-order valence-electron chi connectivity index (χ4n) is 8.00. The normalized spacial score (nSPS) is 22.0. The second kappa shape index (κ2) is 12.7. The van der Waals surface area contributed by atoms with E-state index in [-0.39, 0.29) is 22.4 Å². The van der Waals surface area contributed by atoms with Crippen LogP contribution in [-0.2, 0) is 16.2 Å². The van der Waals surface area contributed by atoms with Crippen LogP contribution in [0.1, 0.15) is 109 Å². The number of ether oxygens (including phenoxy) is 2. The minimum absolute atomic E-state index is 0.137. The summed E-state index contributed by atoms with van der Waals surface area (Å²) in [7, 11) is 0. The molecule has 45 heavy (non-hydrogen) atoms. The molecule has 0 aromatic heterocycles. The Bertz CT molecular complexity index is 1510. The lowest BCUT2D eigenvalue weighted by Crippen LogP contribution is -2.48. The summed E-state index contributed by atoms with van der Waals surface area (Å²) in [4.78, 5) is 31.2. The van der Waals surface area contributed by atoms with Gasteiger partial charge in [-0.05, 0) is 94.8 Å². The number of nitrogens with zero attached hydrogens (tertiary/aromatic N) is 1. The molecule has 1 saturated carbocycles. The van der Waals surface area contributed by atoms with Crippen molar-refractivity contribution in [3.05, 3.63) is 79.0 Å². The molecule has 6 rings (SSSR count). The zero-order chi connectivity index (χ0) is 32.1. The minimum Gasteiger partial charge on any atom is -0.490 e. The second-order valence-corrected chi connectivity index (χ2v) is 16.6. The van der Waals surface area contributed by atoms with E-state index in [2.05, 4.69) is 70.5 Å². The third-order valence-electron chi connectivity index (χ3n) is 9.85. The summed E-state index contributed by atoms with van der Waals surface area (Å²) in [6, 6.07) is 12.5. The van der Waals surface area contributed by atoms with Gasteiger partial charge in [-0.1, -0.05) is 75.0 Å². The van der Waals surface area contributed by atoms with Crippen LogP contribution in [0.15, 0.2) is 67.9 Å². The van der Waals surface area contributed by atoms with Gasteiger partial charge in [-0.2, -0.15) is 0 Å². The van der Waals surface area contributed by atoms with Crippen LogP contribution in [0.2, 0.25) is 0 Å². The first kappa shape index (κ1) is 32.6. The summed E-state index contributed by atoms with van der Waals surface area (Å²) in [5.74, 6) is 1.16. The van der Waals surface area contributed by atoms with Gasteiger partial charge in [0.2, 0.25) is 0 Å². The van der Waals surface area contributed by atoms with Gasteiger partial charge < -0.3 is 14.4 Å². The Morgan fingerprint density at radius 2 is 1.38 bits per heavy atom. The number of hydrogen-bond donors (Lipinski definition) is 0. The Balaban J connectivity index is 1.51. The van der Waals surface area contributed by atoms with E-state index in [9.17, 15) is 9.59 Å². The van der Waals surface area contributed by atoms with Crippen molar-refractivity contribution in [3.8, 4) is 11.5 Å². The number of carbonyl (C=O) groups is 2. The van der Waals surface area contributed by atoms with Crippen molar-refractivity contribution < 1.29 is 19.1 Å². The molecule has 0 bridgehead atoms. The van der Waals surface area contributed by atoms with Crippen molar-refractivity contribution >= 4 is 43.4 Å². The molecule has 7 heteroatoms. The number of rotatable bonds is 7.